The molecule has 19 heteroatoms. The SMILES string of the molecule is CC/C=C\C/C=C\C/C=C\C/C=C\C/C=C\CC(=O)OCC(COP(=O)(O)OCC(O)COP(=O)(O)OCC(COC(=O)CCCCCCC/C=C\C/C=C\CCCCC)OC(=O)CCCCCCC/C=C\CCCC)OC(=O)CCCCCCC/C=C\C/C=C\CCC. The van der Waals surface area contributed by atoms with Crippen LogP contribution in [0, 0.1) is 0 Å². The van der Waals surface area contributed by atoms with Crippen LogP contribution in [0.2, 0.25) is 0 Å². The molecule has 3 N–H and O–H groups in total. The van der Waals surface area contributed by atoms with Gasteiger partial charge in [-0.1, -0.05) is 239 Å². The average Bonchev–Trinajstić information content (AvgIpc) is 1.55. The van der Waals surface area contributed by atoms with E-state index in [-0.39, 0.29) is 25.7 Å². The van der Waals surface area contributed by atoms with Gasteiger partial charge in [-0.05, 0) is 128 Å². The first-order valence-electron chi connectivity index (χ1n) is 35.8. The average molecular weight is 1360 g/mol. The normalized spacial score (nSPS) is 14.8. The van der Waals surface area contributed by atoms with Crippen LogP contribution in [-0.2, 0) is 65.4 Å². The predicted octanol–water partition coefficient (Wildman–Crippen LogP) is 20.0. The molecule has 0 aliphatic carbocycles. The van der Waals surface area contributed by atoms with Crippen LogP contribution >= 0.6 is 15.6 Å². The summed E-state index contributed by atoms with van der Waals surface area (Å²) in [6, 6.07) is 0. The molecule has 17 nitrogen and oxygen atoms in total. The first-order valence-corrected chi connectivity index (χ1v) is 38.8. The molecule has 0 bridgehead atoms. The number of carbonyl (C=O) groups is 4. The topological polar surface area (TPSA) is 237 Å². The van der Waals surface area contributed by atoms with Gasteiger partial charge in [-0.25, -0.2) is 9.13 Å². The summed E-state index contributed by atoms with van der Waals surface area (Å²) in [7, 11) is -9.98. The minimum absolute atomic E-state index is 0.0564. The van der Waals surface area contributed by atoms with Crippen LogP contribution in [0.1, 0.15) is 272 Å². The molecular formula is C75H126O17P2. The molecular weight excluding hydrogens is 1230 g/mol. The molecule has 0 spiro atoms. The molecule has 0 fully saturated rings. The number of esters is 4. The van der Waals surface area contributed by atoms with Crippen LogP contribution in [0.5, 0.6) is 0 Å². The van der Waals surface area contributed by atoms with E-state index in [1.165, 1.54) is 32.1 Å². The number of phosphoric ester groups is 2. The predicted molar refractivity (Wildman–Crippen MR) is 381 cm³/mol. The maximum Gasteiger partial charge on any atom is 0.472 e. The highest BCUT2D eigenvalue weighted by Crippen LogP contribution is 2.45. The summed E-state index contributed by atoms with van der Waals surface area (Å²) in [6.45, 7) is 4.44. The van der Waals surface area contributed by atoms with Crippen LogP contribution in [0.15, 0.2) is 122 Å². The first kappa shape index (κ1) is 89.5. The number of rotatable bonds is 66. The Bertz CT molecular complexity index is 2270. The number of ether oxygens (including phenoxy) is 4. The zero-order valence-corrected chi connectivity index (χ0v) is 60.1. The van der Waals surface area contributed by atoms with Crippen molar-refractivity contribution in [2.45, 2.75) is 290 Å². The molecule has 0 heterocycles. The van der Waals surface area contributed by atoms with Crippen molar-refractivity contribution in [3.63, 3.8) is 0 Å². The molecule has 538 valence electrons. The van der Waals surface area contributed by atoms with Crippen molar-refractivity contribution in [3.8, 4) is 0 Å². The van der Waals surface area contributed by atoms with Crippen molar-refractivity contribution < 1.29 is 80.2 Å². The van der Waals surface area contributed by atoms with Crippen LogP contribution in [0.25, 0.3) is 0 Å². The van der Waals surface area contributed by atoms with Crippen molar-refractivity contribution in [2.24, 2.45) is 0 Å². The van der Waals surface area contributed by atoms with E-state index < -0.39 is 97.5 Å². The smallest absolute Gasteiger partial charge is 0.462 e. The Kier molecular flexibility index (Phi) is 63.8. The number of hydrogen-bond donors (Lipinski definition) is 3. The summed E-state index contributed by atoms with van der Waals surface area (Å²) < 4.78 is 68.1. The molecule has 0 aromatic carbocycles. The highest BCUT2D eigenvalue weighted by Gasteiger charge is 2.30. The van der Waals surface area contributed by atoms with E-state index in [0.29, 0.717) is 25.7 Å². The van der Waals surface area contributed by atoms with Gasteiger partial charge < -0.3 is 33.8 Å². The Hall–Kier alpha value is -4.54. The third-order valence-corrected chi connectivity index (χ3v) is 16.3. The van der Waals surface area contributed by atoms with Gasteiger partial charge in [0.2, 0.25) is 0 Å². The van der Waals surface area contributed by atoms with Crippen molar-refractivity contribution in [1.82, 2.24) is 0 Å². The van der Waals surface area contributed by atoms with Gasteiger partial charge in [-0.2, -0.15) is 0 Å². The third-order valence-electron chi connectivity index (χ3n) is 14.4. The number of aliphatic hydroxyl groups is 1. The number of allylic oxidation sites excluding steroid dienone is 19. The summed E-state index contributed by atoms with van der Waals surface area (Å²) in [5.74, 6) is -2.37. The molecule has 0 radical (unpaired) electrons. The van der Waals surface area contributed by atoms with E-state index in [1.807, 2.05) is 18.2 Å². The van der Waals surface area contributed by atoms with Gasteiger partial charge in [-0.3, -0.25) is 37.3 Å². The molecule has 0 rings (SSSR count). The Morgan fingerprint density at radius 2 is 0.628 bits per heavy atom. The second-order valence-corrected chi connectivity index (χ2v) is 26.4. The van der Waals surface area contributed by atoms with Gasteiger partial charge in [-0.15, -0.1) is 0 Å². The summed E-state index contributed by atoms with van der Waals surface area (Å²) in [4.78, 5) is 72.5. The van der Waals surface area contributed by atoms with Crippen LogP contribution in [0.4, 0.5) is 0 Å². The first-order chi connectivity index (χ1) is 45.7. The lowest BCUT2D eigenvalue weighted by atomic mass is 10.1. The Morgan fingerprint density at radius 1 is 0.319 bits per heavy atom. The Labute approximate surface area is 568 Å². The number of hydrogen-bond acceptors (Lipinski definition) is 15. The summed E-state index contributed by atoms with van der Waals surface area (Å²) >= 11 is 0. The molecule has 0 aromatic rings. The maximum absolute atomic E-state index is 13.0. The maximum atomic E-state index is 13.0. The van der Waals surface area contributed by atoms with Gasteiger partial charge in [0, 0.05) is 19.3 Å². The van der Waals surface area contributed by atoms with Crippen molar-refractivity contribution in [1.29, 1.82) is 0 Å². The number of aliphatic hydroxyl groups excluding tert-OH is 1. The molecule has 0 saturated heterocycles. The van der Waals surface area contributed by atoms with Crippen molar-refractivity contribution in [3.05, 3.63) is 122 Å². The monoisotopic (exact) mass is 1360 g/mol. The van der Waals surface area contributed by atoms with E-state index in [2.05, 4.69) is 125 Å². The van der Waals surface area contributed by atoms with Crippen LogP contribution in [-0.4, -0.2) is 96.7 Å². The van der Waals surface area contributed by atoms with Crippen LogP contribution in [0.3, 0.4) is 0 Å². The lowest BCUT2D eigenvalue weighted by Crippen LogP contribution is -2.30. The number of phosphoric acid groups is 2. The molecule has 0 saturated carbocycles. The minimum atomic E-state index is -4.99. The summed E-state index contributed by atoms with van der Waals surface area (Å²) in [5.41, 5.74) is 0. The highest BCUT2D eigenvalue weighted by atomic mass is 31.2. The standard InChI is InChI=1S/C75H126O17P2/c1-5-9-13-17-21-25-29-32-34-37-40-43-47-51-55-59-72(77)85-65-70(91-74(79)61-57-53-49-45-39-28-24-20-16-12-8-4)67-89-93(81,82)87-63-69(76)64-88-94(83,84)90-68-71(92-75(80)62-58-54-50-46-42-36-31-27-23-19-15-11-7-3)66-86-73(78)60-56-52-48-44-41-38-35-33-30-26-22-18-14-10-6-2/h10,14-15,19-22,24-27,31-35,41,44,52,56,69-71,76H,5-9,11-13,16-18,23,28-30,36-40,42-43,45-51,53-55,57-68H2,1-4H3,(H,81,82)(H,83,84)/b14-10-,19-15-,24-20-,25-21-,26-22-,31-27-,34-32-,35-33-,44-41-,56-52-. The third kappa shape index (κ3) is 66.1. The van der Waals surface area contributed by atoms with E-state index in [4.69, 9.17) is 37.0 Å². The Balaban J connectivity index is 5.41. The number of carbonyl (C=O) groups excluding carboxylic acids is 4. The summed E-state index contributed by atoms with van der Waals surface area (Å²) in [6.07, 6.45) is 71.0. The van der Waals surface area contributed by atoms with E-state index in [9.17, 15) is 43.2 Å². The zero-order valence-electron chi connectivity index (χ0n) is 58.3. The summed E-state index contributed by atoms with van der Waals surface area (Å²) in [5, 5.41) is 10.6. The quantitative estimate of drug-likeness (QED) is 0.0169. The second-order valence-electron chi connectivity index (χ2n) is 23.5. The molecule has 5 unspecified atom stereocenters. The van der Waals surface area contributed by atoms with Gasteiger partial charge in [0.15, 0.2) is 12.2 Å². The van der Waals surface area contributed by atoms with Gasteiger partial charge in [0.25, 0.3) is 0 Å². The van der Waals surface area contributed by atoms with Gasteiger partial charge in [0.05, 0.1) is 32.8 Å². The van der Waals surface area contributed by atoms with Crippen molar-refractivity contribution in [2.75, 3.05) is 39.6 Å². The largest absolute Gasteiger partial charge is 0.472 e. The molecule has 0 aliphatic rings. The Morgan fingerprint density at radius 3 is 1.03 bits per heavy atom. The molecule has 0 amide bonds. The van der Waals surface area contributed by atoms with Crippen LogP contribution < -0.4 is 0 Å². The fraction of sp³-hybridized carbons (Fsp3) is 0.680. The fourth-order valence-electron chi connectivity index (χ4n) is 8.93. The van der Waals surface area contributed by atoms with E-state index in [0.717, 1.165) is 161 Å². The lowest BCUT2D eigenvalue weighted by molar-refractivity contribution is -0.161. The van der Waals surface area contributed by atoms with E-state index >= 15 is 0 Å². The zero-order chi connectivity index (χ0) is 69.0. The minimum Gasteiger partial charge on any atom is -0.462 e. The highest BCUT2D eigenvalue weighted by molar-refractivity contribution is 7.47. The fourth-order valence-corrected chi connectivity index (χ4v) is 10.5. The molecule has 0 aromatic heterocycles. The second kappa shape index (κ2) is 67.0. The van der Waals surface area contributed by atoms with Gasteiger partial charge >= 0.3 is 39.5 Å². The molecule has 5 atom stereocenters. The molecule has 94 heavy (non-hydrogen) atoms. The molecule has 0 aliphatic heterocycles. The van der Waals surface area contributed by atoms with E-state index in [1.54, 1.807) is 6.08 Å². The number of unbranched alkanes of at least 4 members (excludes halogenated alkanes) is 21. The van der Waals surface area contributed by atoms with Crippen molar-refractivity contribution >= 4 is 39.5 Å². The van der Waals surface area contributed by atoms with Gasteiger partial charge in [0.1, 0.15) is 19.3 Å². The lowest BCUT2D eigenvalue weighted by Gasteiger charge is -2.21.